The molecule has 0 fully saturated rings. The fraction of sp³-hybridized carbons (Fsp3) is 0.188. The highest BCUT2D eigenvalue weighted by atomic mass is 35.5. The van der Waals surface area contributed by atoms with Crippen molar-refractivity contribution in [3.8, 4) is 0 Å². The Bertz CT molecular complexity index is 602. The maximum Gasteiger partial charge on any atom is 0.172 e. The molecule has 0 saturated heterocycles. The van der Waals surface area contributed by atoms with Crippen molar-refractivity contribution in [2.24, 2.45) is 0 Å². The number of ketones is 1. The Kier molecular flexibility index (Phi) is 3.72. The van der Waals surface area contributed by atoms with E-state index in [4.69, 9.17) is 11.6 Å². The smallest absolute Gasteiger partial charge is 0.172 e. The van der Waals surface area contributed by atoms with Gasteiger partial charge in [0.2, 0.25) is 0 Å². The first-order chi connectivity index (χ1) is 8.91. The molecule has 0 heterocycles. The van der Waals surface area contributed by atoms with Gasteiger partial charge in [0, 0.05) is 10.6 Å². The summed E-state index contributed by atoms with van der Waals surface area (Å²) in [6, 6.07) is 12.9. The first kappa shape index (κ1) is 13.8. The second kappa shape index (κ2) is 5.14. The fourth-order valence-electron chi connectivity index (χ4n) is 1.99. The molecule has 0 spiro atoms. The second-order valence-electron chi connectivity index (χ2n) is 4.97. The molecule has 2 aromatic carbocycles. The van der Waals surface area contributed by atoms with Crippen LogP contribution in [0.1, 0.15) is 29.8 Å². The Morgan fingerprint density at radius 1 is 1.11 bits per heavy atom. The predicted octanol–water partition coefficient (Wildman–Crippen LogP) is 4.64. The Balaban J connectivity index is 2.38. The summed E-state index contributed by atoms with van der Waals surface area (Å²) in [5.74, 6) is -0.351. The van der Waals surface area contributed by atoms with E-state index in [1.807, 2.05) is 13.8 Å². The maximum atomic E-state index is 12.9. The molecule has 0 atom stereocenters. The molecule has 0 bridgehead atoms. The summed E-state index contributed by atoms with van der Waals surface area (Å²) in [4.78, 5) is 12.6. The minimum Gasteiger partial charge on any atom is -0.293 e. The van der Waals surface area contributed by atoms with Crippen molar-refractivity contribution in [3.63, 3.8) is 0 Å². The van der Waals surface area contributed by atoms with Gasteiger partial charge in [-0.25, -0.2) is 4.39 Å². The zero-order valence-electron chi connectivity index (χ0n) is 10.8. The SMILES string of the molecule is CC(C)(C(=O)c1cccc(Cl)c1)c1ccc(F)cc1. The van der Waals surface area contributed by atoms with Gasteiger partial charge in [-0.05, 0) is 43.7 Å². The normalized spacial score (nSPS) is 11.4. The van der Waals surface area contributed by atoms with Crippen molar-refractivity contribution in [2.45, 2.75) is 19.3 Å². The van der Waals surface area contributed by atoms with Crippen LogP contribution in [0.4, 0.5) is 4.39 Å². The number of benzene rings is 2. The van der Waals surface area contributed by atoms with E-state index >= 15 is 0 Å². The van der Waals surface area contributed by atoms with Crippen LogP contribution in [0.3, 0.4) is 0 Å². The largest absolute Gasteiger partial charge is 0.293 e. The van der Waals surface area contributed by atoms with Crippen molar-refractivity contribution in [3.05, 3.63) is 70.5 Å². The molecule has 0 N–H and O–H groups in total. The van der Waals surface area contributed by atoms with E-state index in [1.54, 1.807) is 36.4 Å². The minimum absolute atomic E-state index is 0.0402. The molecule has 2 rings (SSSR count). The third-order valence-corrected chi connectivity index (χ3v) is 3.46. The van der Waals surface area contributed by atoms with E-state index in [1.165, 1.54) is 12.1 Å². The molecule has 98 valence electrons. The van der Waals surface area contributed by atoms with E-state index in [0.717, 1.165) is 5.56 Å². The van der Waals surface area contributed by atoms with E-state index in [2.05, 4.69) is 0 Å². The van der Waals surface area contributed by atoms with Gasteiger partial charge in [-0.15, -0.1) is 0 Å². The molecule has 0 amide bonds. The highest BCUT2D eigenvalue weighted by molar-refractivity contribution is 6.31. The van der Waals surface area contributed by atoms with Crippen LogP contribution < -0.4 is 0 Å². The second-order valence-corrected chi connectivity index (χ2v) is 5.41. The lowest BCUT2D eigenvalue weighted by atomic mass is 9.78. The van der Waals surface area contributed by atoms with Crippen LogP contribution in [-0.2, 0) is 5.41 Å². The van der Waals surface area contributed by atoms with Crippen LogP contribution in [0.2, 0.25) is 5.02 Å². The molecular formula is C16H14ClFO. The molecule has 0 radical (unpaired) electrons. The van der Waals surface area contributed by atoms with Gasteiger partial charge in [0.1, 0.15) is 5.82 Å². The van der Waals surface area contributed by atoms with E-state index in [9.17, 15) is 9.18 Å². The summed E-state index contributed by atoms with van der Waals surface area (Å²) >= 11 is 5.90. The first-order valence-corrected chi connectivity index (χ1v) is 6.35. The van der Waals surface area contributed by atoms with Gasteiger partial charge in [-0.2, -0.15) is 0 Å². The molecule has 19 heavy (non-hydrogen) atoms. The highest BCUT2D eigenvalue weighted by Gasteiger charge is 2.30. The number of carbonyl (C=O) groups excluding carboxylic acids is 1. The molecule has 0 saturated carbocycles. The van der Waals surface area contributed by atoms with Crippen molar-refractivity contribution >= 4 is 17.4 Å². The van der Waals surface area contributed by atoms with E-state index in [0.29, 0.717) is 10.6 Å². The quantitative estimate of drug-likeness (QED) is 0.747. The summed E-state index contributed by atoms with van der Waals surface area (Å²) in [5.41, 5.74) is 0.610. The predicted molar refractivity (Wildman–Crippen MR) is 75.2 cm³/mol. The molecule has 0 aliphatic rings. The molecule has 0 aromatic heterocycles. The Labute approximate surface area is 117 Å². The summed E-state index contributed by atoms with van der Waals surface area (Å²) in [7, 11) is 0. The van der Waals surface area contributed by atoms with Gasteiger partial charge in [0.05, 0.1) is 5.41 Å². The zero-order chi connectivity index (χ0) is 14.0. The van der Waals surface area contributed by atoms with Crippen molar-refractivity contribution in [2.75, 3.05) is 0 Å². The van der Waals surface area contributed by atoms with Gasteiger partial charge < -0.3 is 0 Å². The van der Waals surface area contributed by atoms with Gasteiger partial charge in [0.15, 0.2) is 5.78 Å². The number of carbonyl (C=O) groups is 1. The zero-order valence-corrected chi connectivity index (χ0v) is 11.5. The molecule has 2 aromatic rings. The standard InChI is InChI=1S/C16H14ClFO/c1-16(2,12-6-8-14(18)9-7-12)15(19)11-4-3-5-13(17)10-11/h3-10H,1-2H3. The lowest BCUT2D eigenvalue weighted by molar-refractivity contribution is 0.0908. The van der Waals surface area contributed by atoms with Crippen LogP contribution in [0.15, 0.2) is 48.5 Å². The molecule has 0 unspecified atom stereocenters. The van der Waals surface area contributed by atoms with E-state index < -0.39 is 5.41 Å². The number of hydrogen-bond donors (Lipinski definition) is 0. The Hall–Kier alpha value is -1.67. The molecule has 0 aliphatic carbocycles. The fourth-order valence-corrected chi connectivity index (χ4v) is 2.18. The van der Waals surface area contributed by atoms with Crippen molar-refractivity contribution < 1.29 is 9.18 Å². The summed E-state index contributed by atoms with van der Waals surface area (Å²) < 4.78 is 12.9. The van der Waals surface area contributed by atoms with Crippen molar-refractivity contribution in [1.82, 2.24) is 0 Å². The Morgan fingerprint density at radius 3 is 2.32 bits per heavy atom. The van der Waals surface area contributed by atoms with Crippen LogP contribution in [0.5, 0.6) is 0 Å². The van der Waals surface area contributed by atoms with Crippen LogP contribution in [0.25, 0.3) is 0 Å². The molecule has 1 nitrogen and oxygen atoms in total. The van der Waals surface area contributed by atoms with Crippen LogP contribution >= 0.6 is 11.6 Å². The third-order valence-electron chi connectivity index (χ3n) is 3.22. The number of rotatable bonds is 3. The molecular weight excluding hydrogens is 263 g/mol. The maximum absolute atomic E-state index is 12.9. The topological polar surface area (TPSA) is 17.1 Å². The van der Waals surface area contributed by atoms with Gasteiger partial charge in [-0.1, -0.05) is 35.9 Å². The minimum atomic E-state index is -0.724. The number of hydrogen-bond acceptors (Lipinski definition) is 1. The third kappa shape index (κ3) is 2.85. The van der Waals surface area contributed by atoms with Crippen LogP contribution in [-0.4, -0.2) is 5.78 Å². The average molecular weight is 277 g/mol. The van der Waals surface area contributed by atoms with Gasteiger partial charge >= 0.3 is 0 Å². The lowest BCUT2D eigenvalue weighted by Gasteiger charge is -2.24. The summed E-state index contributed by atoms with van der Waals surface area (Å²) in [5, 5.41) is 0.528. The number of Topliss-reactive ketones (excluding diaryl/α,β-unsaturated/α-hetero) is 1. The van der Waals surface area contributed by atoms with Gasteiger partial charge in [0.25, 0.3) is 0 Å². The molecule has 3 heteroatoms. The van der Waals surface area contributed by atoms with E-state index in [-0.39, 0.29) is 11.6 Å². The van der Waals surface area contributed by atoms with Gasteiger partial charge in [-0.3, -0.25) is 4.79 Å². The number of halogens is 2. The average Bonchev–Trinajstić information content (AvgIpc) is 2.38. The Morgan fingerprint density at radius 2 is 1.74 bits per heavy atom. The summed E-state index contributed by atoms with van der Waals surface area (Å²) in [6.07, 6.45) is 0. The lowest BCUT2D eigenvalue weighted by Crippen LogP contribution is -2.29. The first-order valence-electron chi connectivity index (χ1n) is 5.97. The van der Waals surface area contributed by atoms with Crippen molar-refractivity contribution in [1.29, 1.82) is 0 Å². The summed E-state index contributed by atoms with van der Waals surface area (Å²) in [6.45, 7) is 3.65. The van der Waals surface area contributed by atoms with Crippen LogP contribution in [0, 0.1) is 5.82 Å². The molecule has 0 aliphatic heterocycles. The highest BCUT2D eigenvalue weighted by Crippen LogP contribution is 2.28. The monoisotopic (exact) mass is 276 g/mol.